The Labute approximate surface area is 114 Å². The molecule has 19 heavy (non-hydrogen) atoms. The zero-order valence-electron chi connectivity index (χ0n) is 11.7. The molecule has 0 aromatic carbocycles. The minimum Gasteiger partial charge on any atom is -0.348 e. The molecule has 5 heteroatoms. The second kappa shape index (κ2) is 6.50. The third-order valence-electron chi connectivity index (χ3n) is 3.61. The van der Waals surface area contributed by atoms with Gasteiger partial charge in [0.2, 0.25) is 5.95 Å². The SMILES string of the molecule is CCN(CC)c1nccc(C(=O)NC2CCCC2)n1. The van der Waals surface area contributed by atoms with Gasteiger partial charge in [0, 0.05) is 25.3 Å². The number of aromatic nitrogens is 2. The first-order valence-corrected chi connectivity index (χ1v) is 7.13. The third kappa shape index (κ3) is 3.43. The van der Waals surface area contributed by atoms with Crippen molar-refractivity contribution in [2.24, 2.45) is 0 Å². The normalized spacial score (nSPS) is 15.5. The van der Waals surface area contributed by atoms with E-state index >= 15 is 0 Å². The molecule has 1 saturated carbocycles. The lowest BCUT2D eigenvalue weighted by molar-refractivity contribution is 0.0932. The maximum absolute atomic E-state index is 12.1. The summed E-state index contributed by atoms with van der Waals surface area (Å²) in [7, 11) is 0. The maximum Gasteiger partial charge on any atom is 0.270 e. The zero-order valence-corrected chi connectivity index (χ0v) is 11.7. The van der Waals surface area contributed by atoms with E-state index in [1.54, 1.807) is 12.3 Å². The minimum atomic E-state index is -0.0808. The highest BCUT2D eigenvalue weighted by Crippen LogP contribution is 2.18. The summed E-state index contributed by atoms with van der Waals surface area (Å²) < 4.78 is 0. The second-order valence-corrected chi connectivity index (χ2v) is 4.87. The van der Waals surface area contributed by atoms with Gasteiger partial charge in [0.05, 0.1) is 0 Å². The van der Waals surface area contributed by atoms with Gasteiger partial charge in [0.25, 0.3) is 5.91 Å². The number of hydrogen-bond donors (Lipinski definition) is 1. The largest absolute Gasteiger partial charge is 0.348 e. The van der Waals surface area contributed by atoms with Gasteiger partial charge in [-0.2, -0.15) is 0 Å². The van der Waals surface area contributed by atoms with E-state index in [2.05, 4.69) is 29.1 Å². The summed E-state index contributed by atoms with van der Waals surface area (Å²) >= 11 is 0. The van der Waals surface area contributed by atoms with Gasteiger partial charge >= 0.3 is 0 Å². The number of nitrogens with one attached hydrogen (secondary N) is 1. The van der Waals surface area contributed by atoms with Gasteiger partial charge in [-0.3, -0.25) is 4.79 Å². The van der Waals surface area contributed by atoms with Gasteiger partial charge in [-0.1, -0.05) is 12.8 Å². The molecular weight excluding hydrogens is 240 g/mol. The van der Waals surface area contributed by atoms with Gasteiger partial charge in [0.1, 0.15) is 5.69 Å². The molecule has 1 aliphatic rings. The molecule has 0 saturated heterocycles. The van der Waals surface area contributed by atoms with Crippen molar-refractivity contribution in [3.05, 3.63) is 18.0 Å². The van der Waals surface area contributed by atoms with Crippen molar-refractivity contribution in [2.75, 3.05) is 18.0 Å². The Morgan fingerprint density at radius 1 is 1.37 bits per heavy atom. The predicted molar refractivity (Wildman–Crippen MR) is 75.3 cm³/mol. The summed E-state index contributed by atoms with van der Waals surface area (Å²) in [5.74, 6) is 0.548. The molecule has 1 aromatic rings. The van der Waals surface area contributed by atoms with Gasteiger partial charge in [-0.05, 0) is 32.8 Å². The van der Waals surface area contributed by atoms with Crippen LogP contribution >= 0.6 is 0 Å². The van der Waals surface area contributed by atoms with Crippen molar-refractivity contribution in [2.45, 2.75) is 45.6 Å². The molecule has 0 bridgehead atoms. The van der Waals surface area contributed by atoms with Crippen LogP contribution in [0.4, 0.5) is 5.95 Å². The fourth-order valence-corrected chi connectivity index (χ4v) is 2.46. The Hall–Kier alpha value is -1.65. The standard InChI is InChI=1S/C14H22N4O/c1-3-18(4-2)14-15-10-9-12(17-14)13(19)16-11-7-5-6-8-11/h9-11H,3-8H2,1-2H3,(H,16,19). The molecule has 0 radical (unpaired) electrons. The summed E-state index contributed by atoms with van der Waals surface area (Å²) in [6.45, 7) is 5.78. The van der Waals surface area contributed by atoms with Crippen molar-refractivity contribution in [1.29, 1.82) is 0 Å². The van der Waals surface area contributed by atoms with Gasteiger partial charge in [-0.25, -0.2) is 9.97 Å². The fraction of sp³-hybridized carbons (Fsp3) is 0.643. The van der Waals surface area contributed by atoms with E-state index in [0.29, 0.717) is 17.7 Å². The monoisotopic (exact) mass is 262 g/mol. The minimum absolute atomic E-state index is 0.0808. The molecule has 1 heterocycles. The highest BCUT2D eigenvalue weighted by molar-refractivity contribution is 5.92. The highest BCUT2D eigenvalue weighted by Gasteiger charge is 2.19. The lowest BCUT2D eigenvalue weighted by Crippen LogP contribution is -2.33. The lowest BCUT2D eigenvalue weighted by atomic mass is 10.2. The molecule has 5 nitrogen and oxygen atoms in total. The summed E-state index contributed by atoms with van der Waals surface area (Å²) in [6.07, 6.45) is 6.24. The zero-order chi connectivity index (χ0) is 13.7. The van der Waals surface area contributed by atoms with Gasteiger partial charge < -0.3 is 10.2 Å². The average Bonchev–Trinajstić information content (AvgIpc) is 2.93. The van der Waals surface area contributed by atoms with Gasteiger partial charge in [-0.15, -0.1) is 0 Å². The summed E-state index contributed by atoms with van der Waals surface area (Å²) in [6, 6.07) is 2.00. The van der Waals surface area contributed by atoms with Crippen LogP contribution in [0.2, 0.25) is 0 Å². The molecule has 1 aromatic heterocycles. The summed E-state index contributed by atoms with van der Waals surface area (Å²) in [5, 5.41) is 3.05. The third-order valence-corrected chi connectivity index (χ3v) is 3.61. The summed E-state index contributed by atoms with van der Waals surface area (Å²) in [4.78, 5) is 22.8. The van der Waals surface area contributed by atoms with Crippen molar-refractivity contribution in [3.63, 3.8) is 0 Å². The Balaban J connectivity index is 2.06. The Morgan fingerprint density at radius 2 is 2.05 bits per heavy atom. The quantitative estimate of drug-likeness (QED) is 0.881. The van der Waals surface area contributed by atoms with E-state index in [0.717, 1.165) is 25.9 Å². The van der Waals surface area contributed by atoms with Crippen molar-refractivity contribution < 1.29 is 4.79 Å². The number of carbonyl (C=O) groups excluding carboxylic acids is 1. The molecular formula is C14H22N4O. The number of anilines is 1. The van der Waals surface area contributed by atoms with E-state index in [9.17, 15) is 4.79 Å². The number of nitrogens with zero attached hydrogens (tertiary/aromatic N) is 3. The second-order valence-electron chi connectivity index (χ2n) is 4.87. The lowest BCUT2D eigenvalue weighted by Gasteiger charge is -2.18. The molecule has 1 aliphatic carbocycles. The van der Waals surface area contributed by atoms with Crippen molar-refractivity contribution in [3.8, 4) is 0 Å². The van der Waals surface area contributed by atoms with Crippen LogP contribution < -0.4 is 10.2 Å². The van der Waals surface area contributed by atoms with Crippen LogP contribution in [0.1, 0.15) is 50.0 Å². The first-order chi connectivity index (χ1) is 9.24. The summed E-state index contributed by atoms with van der Waals surface area (Å²) in [5.41, 5.74) is 0.462. The van der Waals surface area contributed by atoms with Crippen LogP contribution in [0, 0.1) is 0 Å². The molecule has 0 spiro atoms. The molecule has 2 rings (SSSR count). The highest BCUT2D eigenvalue weighted by atomic mass is 16.1. The fourth-order valence-electron chi connectivity index (χ4n) is 2.46. The van der Waals surface area contributed by atoms with E-state index in [1.165, 1.54) is 12.8 Å². The number of hydrogen-bond acceptors (Lipinski definition) is 4. The van der Waals surface area contributed by atoms with Crippen LogP contribution in [0.15, 0.2) is 12.3 Å². The molecule has 0 atom stereocenters. The Morgan fingerprint density at radius 3 is 2.68 bits per heavy atom. The van der Waals surface area contributed by atoms with Crippen LogP contribution in [-0.2, 0) is 0 Å². The molecule has 0 aliphatic heterocycles. The first-order valence-electron chi connectivity index (χ1n) is 7.13. The topological polar surface area (TPSA) is 58.1 Å². The Bertz CT molecular complexity index is 425. The predicted octanol–water partition coefficient (Wildman–Crippen LogP) is 2.00. The van der Waals surface area contributed by atoms with E-state index in [-0.39, 0.29) is 5.91 Å². The van der Waals surface area contributed by atoms with Crippen LogP contribution in [0.3, 0.4) is 0 Å². The first kappa shape index (κ1) is 13.8. The van der Waals surface area contributed by atoms with Crippen LogP contribution in [0.5, 0.6) is 0 Å². The van der Waals surface area contributed by atoms with Crippen LogP contribution in [0.25, 0.3) is 0 Å². The number of rotatable bonds is 5. The molecule has 1 amide bonds. The van der Waals surface area contributed by atoms with Crippen molar-refractivity contribution >= 4 is 11.9 Å². The maximum atomic E-state index is 12.1. The van der Waals surface area contributed by atoms with Crippen LogP contribution in [-0.4, -0.2) is 35.0 Å². The van der Waals surface area contributed by atoms with E-state index < -0.39 is 0 Å². The number of carbonyl (C=O) groups is 1. The Kier molecular flexibility index (Phi) is 4.71. The molecule has 1 N–H and O–H groups in total. The van der Waals surface area contributed by atoms with Gasteiger partial charge in [0.15, 0.2) is 0 Å². The smallest absolute Gasteiger partial charge is 0.270 e. The molecule has 0 unspecified atom stereocenters. The average molecular weight is 262 g/mol. The molecule has 1 fully saturated rings. The van der Waals surface area contributed by atoms with Crippen molar-refractivity contribution in [1.82, 2.24) is 15.3 Å². The number of amides is 1. The molecule has 104 valence electrons. The van der Waals surface area contributed by atoms with E-state index in [1.807, 2.05) is 4.90 Å². The van der Waals surface area contributed by atoms with E-state index in [4.69, 9.17) is 0 Å².